The molecule has 3 N–H and O–H groups in total. The van der Waals surface area contributed by atoms with Crippen molar-refractivity contribution in [2.75, 3.05) is 23.5 Å². The lowest BCUT2D eigenvalue weighted by atomic mass is 10.1. The van der Waals surface area contributed by atoms with Crippen LogP contribution in [0.15, 0.2) is 5.16 Å². The molecule has 0 aliphatic rings. The molecule has 2 rings (SSSR count). The molecule has 2 heterocycles. The molecule has 0 unspecified atom stereocenters. The Hall–Kier alpha value is -2.07. The Kier molecular flexibility index (Phi) is 7.04. The first-order valence-electron chi connectivity index (χ1n) is 8.28. The highest BCUT2D eigenvalue weighted by Gasteiger charge is 2.22. The smallest absolute Gasteiger partial charge is 0.341 e. The minimum absolute atomic E-state index is 0.111. The number of nitrogens with zero attached hydrogens (tertiary/aromatic N) is 3. The number of thiophene rings is 1. The average molecular weight is 398 g/mol. The molecule has 2 aromatic heterocycles. The van der Waals surface area contributed by atoms with Gasteiger partial charge in [0.15, 0.2) is 5.82 Å². The molecule has 0 aromatic carbocycles. The maximum Gasteiger partial charge on any atom is 0.341 e. The summed E-state index contributed by atoms with van der Waals surface area (Å²) in [5, 5.41) is 11.8. The normalized spacial score (nSPS) is 10.8. The summed E-state index contributed by atoms with van der Waals surface area (Å²) >= 11 is 2.56. The molecule has 0 aliphatic heterocycles. The lowest BCUT2D eigenvalue weighted by Gasteiger charge is -2.07. The minimum Gasteiger partial charge on any atom is -0.462 e. The molecule has 0 spiro atoms. The summed E-state index contributed by atoms with van der Waals surface area (Å²) in [5.74, 6) is 6.05. The van der Waals surface area contributed by atoms with Crippen LogP contribution in [0.2, 0.25) is 0 Å². The molecule has 26 heavy (non-hydrogen) atoms. The summed E-state index contributed by atoms with van der Waals surface area (Å²) in [4.78, 5) is 25.4. The second kappa shape index (κ2) is 9.04. The van der Waals surface area contributed by atoms with Crippen LogP contribution < -0.4 is 11.2 Å². The van der Waals surface area contributed by atoms with Crippen LogP contribution in [0.5, 0.6) is 0 Å². The number of nitrogens with one attached hydrogen (secondary N) is 1. The van der Waals surface area contributed by atoms with Crippen molar-refractivity contribution in [1.82, 2.24) is 14.9 Å². The van der Waals surface area contributed by atoms with Crippen LogP contribution in [0.1, 0.15) is 46.9 Å². The second-order valence-corrected chi connectivity index (χ2v) is 7.73. The molecule has 0 radical (unpaired) electrons. The van der Waals surface area contributed by atoms with E-state index in [4.69, 9.17) is 10.6 Å². The maximum absolute atomic E-state index is 12.3. The summed E-state index contributed by atoms with van der Waals surface area (Å²) in [5.41, 5.74) is 1.24. The van der Waals surface area contributed by atoms with Crippen LogP contribution >= 0.6 is 23.1 Å². The van der Waals surface area contributed by atoms with Gasteiger partial charge in [0, 0.05) is 11.3 Å². The van der Waals surface area contributed by atoms with Gasteiger partial charge in [0.25, 0.3) is 0 Å². The van der Waals surface area contributed by atoms with Gasteiger partial charge in [-0.2, -0.15) is 0 Å². The molecular formula is C16H23N5O3S2. The van der Waals surface area contributed by atoms with Crippen LogP contribution in [-0.4, -0.2) is 39.1 Å². The van der Waals surface area contributed by atoms with Crippen molar-refractivity contribution in [2.24, 2.45) is 0 Å². The second-order valence-electron chi connectivity index (χ2n) is 5.56. The molecule has 0 fully saturated rings. The topological polar surface area (TPSA) is 112 Å². The predicted octanol–water partition coefficient (Wildman–Crippen LogP) is 2.53. The first-order chi connectivity index (χ1) is 12.4. The SMILES string of the molecule is CCCc1nnc(SCC(=O)Nc2sc(C)c(C)c2C(=O)OCC)n1N. The number of hydrogen-bond donors (Lipinski definition) is 2. The summed E-state index contributed by atoms with van der Waals surface area (Å²) in [7, 11) is 0. The fourth-order valence-corrected chi connectivity index (χ4v) is 4.00. The number of carbonyl (C=O) groups is 2. The van der Waals surface area contributed by atoms with Crippen LogP contribution in [0.25, 0.3) is 0 Å². The van der Waals surface area contributed by atoms with Crippen molar-refractivity contribution in [2.45, 2.75) is 45.7 Å². The van der Waals surface area contributed by atoms with Crippen LogP contribution in [0.4, 0.5) is 5.00 Å². The number of ether oxygens (including phenoxy) is 1. The summed E-state index contributed by atoms with van der Waals surface area (Å²) in [6, 6.07) is 0. The van der Waals surface area contributed by atoms with Gasteiger partial charge >= 0.3 is 5.97 Å². The van der Waals surface area contributed by atoms with Crippen molar-refractivity contribution >= 4 is 40.0 Å². The van der Waals surface area contributed by atoms with Gasteiger partial charge in [0.05, 0.1) is 17.9 Å². The van der Waals surface area contributed by atoms with Crippen molar-refractivity contribution in [3.8, 4) is 0 Å². The van der Waals surface area contributed by atoms with Crippen LogP contribution in [0, 0.1) is 13.8 Å². The zero-order chi connectivity index (χ0) is 19.3. The van der Waals surface area contributed by atoms with E-state index in [1.54, 1.807) is 6.92 Å². The summed E-state index contributed by atoms with van der Waals surface area (Å²) in [6.07, 6.45) is 1.64. The van der Waals surface area contributed by atoms with E-state index in [9.17, 15) is 9.59 Å². The van der Waals surface area contributed by atoms with Gasteiger partial charge in [-0.1, -0.05) is 18.7 Å². The Bertz CT molecular complexity index is 800. The summed E-state index contributed by atoms with van der Waals surface area (Å²) in [6.45, 7) is 7.80. The van der Waals surface area contributed by atoms with Gasteiger partial charge in [0.1, 0.15) is 5.00 Å². The van der Waals surface area contributed by atoms with Crippen molar-refractivity contribution in [1.29, 1.82) is 0 Å². The number of anilines is 1. The van der Waals surface area contributed by atoms with E-state index in [0.717, 1.165) is 23.3 Å². The van der Waals surface area contributed by atoms with Crippen molar-refractivity contribution in [3.05, 3.63) is 21.8 Å². The number of thioether (sulfide) groups is 1. The highest BCUT2D eigenvalue weighted by Crippen LogP contribution is 2.33. The van der Waals surface area contributed by atoms with Crippen molar-refractivity contribution < 1.29 is 14.3 Å². The van der Waals surface area contributed by atoms with E-state index < -0.39 is 5.97 Å². The van der Waals surface area contributed by atoms with E-state index in [2.05, 4.69) is 15.5 Å². The molecular weight excluding hydrogens is 374 g/mol. The molecule has 8 nitrogen and oxygen atoms in total. The zero-order valence-corrected chi connectivity index (χ0v) is 16.9. The number of esters is 1. The van der Waals surface area contributed by atoms with Gasteiger partial charge in [-0.15, -0.1) is 21.5 Å². The molecule has 2 aromatic rings. The van der Waals surface area contributed by atoms with Gasteiger partial charge in [-0.05, 0) is 32.8 Å². The predicted molar refractivity (Wildman–Crippen MR) is 103 cm³/mol. The number of rotatable bonds is 8. The quantitative estimate of drug-likeness (QED) is 0.400. The van der Waals surface area contributed by atoms with E-state index in [0.29, 0.717) is 21.5 Å². The Morgan fingerprint density at radius 2 is 2.04 bits per heavy atom. The van der Waals surface area contributed by atoms with E-state index in [1.165, 1.54) is 27.8 Å². The third-order valence-corrected chi connectivity index (χ3v) is 5.72. The van der Waals surface area contributed by atoms with E-state index in [1.807, 2.05) is 20.8 Å². The van der Waals surface area contributed by atoms with Gasteiger partial charge in [0.2, 0.25) is 11.1 Å². The molecule has 1 amide bonds. The standard InChI is InChI=1S/C16H23N5O3S2/c1-5-7-11-19-20-16(21(11)17)25-8-12(22)18-14-13(15(23)24-6-2)9(3)10(4)26-14/h5-8,17H2,1-4H3,(H,18,22). The van der Waals surface area contributed by atoms with Gasteiger partial charge < -0.3 is 15.9 Å². The number of hydrogen-bond acceptors (Lipinski definition) is 8. The number of amides is 1. The molecule has 0 aliphatic carbocycles. The number of nitrogens with two attached hydrogens (primary N) is 1. The fourth-order valence-electron chi connectivity index (χ4n) is 2.26. The van der Waals surface area contributed by atoms with Crippen LogP contribution in [0.3, 0.4) is 0 Å². The third kappa shape index (κ3) is 4.55. The highest BCUT2D eigenvalue weighted by atomic mass is 32.2. The first-order valence-corrected chi connectivity index (χ1v) is 10.1. The summed E-state index contributed by atoms with van der Waals surface area (Å²) < 4.78 is 6.50. The lowest BCUT2D eigenvalue weighted by Crippen LogP contribution is -2.18. The minimum atomic E-state index is -0.428. The molecule has 0 saturated carbocycles. The highest BCUT2D eigenvalue weighted by molar-refractivity contribution is 7.99. The maximum atomic E-state index is 12.3. The average Bonchev–Trinajstić information content (AvgIpc) is 3.07. The van der Waals surface area contributed by atoms with E-state index in [-0.39, 0.29) is 18.3 Å². The van der Waals surface area contributed by atoms with Crippen molar-refractivity contribution in [3.63, 3.8) is 0 Å². The Balaban J connectivity index is 2.04. The molecule has 0 saturated heterocycles. The first kappa shape index (κ1) is 20.2. The molecule has 0 atom stereocenters. The van der Waals surface area contributed by atoms with Crippen LogP contribution in [-0.2, 0) is 16.0 Å². The van der Waals surface area contributed by atoms with Gasteiger partial charge in [-0.25, -0.2) is 9.47 Å². The molecule has 10 heteroatoms. The largest absolute Gasteiger partial charge is 0.462 e. The molecule has 0 bridgehead atoms. The number of aryl methyl sites for hydroxylation is 2. The Morgan fingerprint density at radius 3 is 2.69 bits per heavy atom. The van der Waals surface area contributed by atoms with Gasteiger partial charge in [-0.3, -0.25) is 4.79 Å². The zero-order valence-electron chi connectivity index (χ0n) is 15.3. The fraction of sp³-hybridized carbons (Fsp3) is 0.500. The van der Waals surface area contributed by atoms with E-state index >= 15 is 0 Å². The number of aromatic nitrogens is 3. The molecule has 142 valence electrons. The number of carbonyl (C=O) groups excluding carboxylic acids is 2. The third-order valence-electron chi connectivity index (χ3n) is 3.66. The monoisotopic (exact) mass is 397 g/mol. The lowest BCUT2D eigenvalue weighted by molar-refractivity contribution is -0.113. The Labute approximate surface area is 160 Å². The number of nitrogen functional groups attached to an aromatic ring is 1. The Morgan fingerprint density at radius 1 is 1.31 bits per heavy atom.